The van der Waals surface area contributed by atoms with Gasteiger partial charge in [-0.05, 0) is 57.7 Å². The largest absolute Gasteiger partial charge is 0.444 e. The lowest BCUT2D eigenvalue weighted by Gasteiger charge is -2.33. The number of nitrogens with zero attached hydrogens (tertiary/aromatic N) is 4. The van der Waals surface area contributed by atoms with Crippen LogP contribution in [0.5, 0.6) is 0 Å². The van der Waals surface area contributed by atoms with Crippen LogP contribution in [0.25, 0.3) is 10.9 Å². The number of nitrogens with one attached hydrogen (secondary N) is 1. The molecule has 35 heavy (non-hydrogen) atoms. The summed E-state index contributed by atoms with van der Waals surface area (Å²) in [5, 5.41) is 8.10. The summed E-state index contributed by atoms with van der Waals surface area (Å²) in [6.45, 7) is 10.8. The minimum absolute atomic E-state index is 0.0794. The number of rotatable bonds is 6. The third-order valence-electron chi connectivity index (χ3n) is 5.75. The number of hydrogen-bond acceptors (Lipinski definition) is 6. The van der Waals surface area contributed by atoms with Crippen molar-refractivity contribution in [2.24, 2.45) is 13.0 Å². The van der Waals surface area contributed by atoms with E-state index in [0.717, 1.165) is 0 Å². The Labute approximate surface area is 207 Å². The van der Waals surface area contributed by atoms with Crippen molar-refractivity contribution in [1.29, 1.82) is 0 Å². The van der Waals surface area contributed by atoms with Gasteiger partial charge in [-0.25, -0.2) is 13.2 Å². The maximum absolute atomic E-state index is 13.1. The standard InChI is InChI=1S/C24H37N5O5S/c1-16(2)15-29(35(7,32)33)18-8-9-19-20(14-18)27(6)26-21(19)22(30)25-17-10-12-28(13-11-17)23(31)34-24(3,4)5/h8-9,14,16-17H,10-13,15H2,1-7H3,(H,25,30). The third-order valence-corrected chi connectivity index (χ3v) is 6.91. The van der Waals surface area contributed by atoms with E-state index in [2.05, 4.69) is 10.4 Å². The van der Waals surface area contributed by atoms with Crippen molar-refractivity contribution in [3.05, 3.63) is 23.9 Å². The van der Waals surface area contributed by atoms with E-state index < -0.39 is 15.6 Å². The zero-order chi connectivity index (χ0) is 26.1. The van der Waals surface area contributed by atoms with Gasteiger partial charge >= 0.3 is 6.09 Å². The number of likely N-dealkylation sites (tertiary alicyclic amines) is 1. The van der Waals surface area contributed by atoms with Crippen molar-refractivity contribution in [1.82, 2.24) is 20.0 Å². The Kier molecular flexibility index (Phi) is 7.68. The number of aryl methyl sites for hydroxylation is 1. The molecule has 3 rings (SSSR count). The smallest absolute Gasteiger partial charge is 0.410 e. The Hall–Kier alpha value is -2.82. The number of sulfonamides is 1. The van der Waals surface area contributed by atoms with Crippen LogP contribution in [0.2, 0.25) is 0 Å². The second kappa shape index (κ2) is 10.0. The number of carbonyl (C=O) groups is 2. The van der Waals surface area contributed by atoms with Gasteiger partial charge < -0.3 is 15.0 Å². The van der Waals surface area contributed by atoms with Crippen LogP contribution in [0, 0.1) is 5.92 Å². The number of amides is 2. The molecule has 1 N–H and O–H groups in total. The first-order valence-corrected chi connectivity index (χ1v) is 13.7. The molecule has 1 aliphatic rings. The van der Waals surface area contributed by atoms with Crippen LogP contribution in [-0.4, -0.2) is 72.6 Å². The predicted molar refractivity (Wildman–Crippen MR) is 136 cm³/mol. The van der Waals surface area contributed by atoms with Crippen molar-refractivity contribution in [3.8, 4) is 0 Å². The Morgan fingerprint density at radius 2 is 1.86 bits per heavy atom. The molecule has 0 bridgehead atoms. The van der Waals surface area contributed by atoms with E-state index >= 15 is 0 Å². The lowest BCUT2D eigenvalue weighted by molar-refractivity contribution is 0.0199. The van der Waals surface area contributed by atoms with Crippen LogP contribution >= 0.6 is 0 Å². The van der Waals surface area contributed by atoms with Crippen molar-refractivity contribution in [2.45, 2.75) is 59.1 Å². The topological polar surface area (TPSA) is 114 Å². The summed E-state index contributed by atoms with van der Waals surface area (Å²) in [5.74, 6) is -0.142. The number of carbonyl (C=O) groups excluding carboxylic acids is 2. The average Bonchev–Trinajstić information content (AvgIpc) is 3.06. The van der Waals surface area contributed by atoms with Gasteiger partial charge in [0.2, 0.25) is 10.0 Å². The molecule has 2 amide bonds. The molecule has 0 spiro atoms. The predicted octanol–water partition coefficient (Wildman–Crippen LogP) is 3.12. The van der Waals surface area contributed by atoms with E-state index in [1.807, 2.05) is 34.6 Å². The molecule has 1 aliphatic heterocycles. The zero-order valence-corrected chi connectivity index (χ0v) is 22.5. The van der Waals surface area contributed by atoms with E-state index in [1.165, 1.54) is 10.6 Å². The molecule has 2 aromatic rings. The first-order valence-electron chi connectivity index (χ1n) is 11.9. The average molecular weight is 508 g/mol. The normalized spacial score (nSPS) is 15.5. The number of hydrogen-bond donors (Lipinski definition) is 1. The number of benzene rings is 1. The van der Waals surface area contributed by atoms with Crippen LogP contribution < -0.4 is 9.62 Å². The van der Waals surface area contributed by atoms with Gasteiger partial charge in [0, 0.05) is 38.1 Å². The van der Waals surface area contributed by atoms with Gasteiger partial charge in [0.25, 0.3) is 5.91 Å². The Morgan fingerprint density at radius 3 is 2.40 bits per heavy atom. The van der Waals surface area contributed by atoms with Gasteiger partial charge in [0.05, 0.1) is 17.5 Å². The second-order valence-electron chi connectivity index (χ2n) is 10.6. The molecule has 0 radical (unpaired) electrons. The van der Waals surface area contributed by atoms with E-state index in [4.69, 9.17) is 4.74 Å². The van der Waals surface area contributed by atoms with Gasteiger partial charge in [-0.1, -0.05) is 13.8 Å². The summed E-state index contributed by atoms with van der Waals surface area (Å²) in [7, 11) is -1.73. The third kappa shape index (κ3) is 6.65. The van der Waals surface area contributed by atoms with Gasteiger partial charge in [-0.15, -0.1) is 0 Å². The van der Waals surface area contributed by atoms with Gasteiger partial charge in [0.1, 0.15) is 5.60 Å². The first-order chi connectivity index (χ1) is 16.2. The van der Waals surface area contributed by atoms with Crippen LogP contribution in [-0.2, 0) is 21.8 Å². The van der Waals surface area contributed by atoms with Crippen molar-refractivity contribution in [2.75, 3.05) is 30.2 Å². The molecule has 0 aliphatic carbocycles. The molecular formula is C24H37N5O5S. The fourth-order valence-electron chi connectivity index (χ4n) is 4.12. The Morgan fingerprint density at radius 1 is 1.23 bits per heavy atom. The highest BCUT2D eigenvalue weighted by Gasteiger charge is 2.29. The highest BCUT2D eigenvalue weighted by molar-refractivity contribution is 7.92. The fourth-order valence-corrected chi connectivity index (χ4v) is 5.18. The number of ether oxygens (including phenoxy) is 1. The summed E-state index contributed by atoms with van der Waals surface area (Å²) < 4.78 is 33.1. The lowest BCUT2D eigenvalue weighted by atomic mass is 10.0. The van der Waals surface area contributed by atoms with Gasteiger partial charge in [0.15, 0.2) is 5.69 Å². The zero-order valence-electron chi connectivity index (χ0n) is 21.7. The summed E-state index contributed by atoms with van der Waals surface area (Å²) in [6, 6.07) is 5.13. The monoisotopic (exact) mass is 507 g/mol. The molecule has 1 saturated heterocycles. The van der Waals surface area contributed by atoms with E-state index in [0.29, 0.717) is 54.8 Å². The van der Waals surface area contributed by atoms with Crippen molar-refractivity contribution >= 4 is 38.6 Å². The first kappa shape index (κ1) is 26.8. The van der Waals surface area contributed by atoms with Crippen LogP contribution in [0.3, 0.4) is 0 Å². The van der Waals surface area contributed by atoms with E-state index in [9.17, 15) is 18.0 Å². The van der Waals surface area contributed by atoms with Crippen LogP contribution in [0.15, 0.2) is 18.2 Å². The van der Waals surface area contributed by atoms with Crippen LogP contribution in [0.1, 0.15) is 57.9 Å². The van der Waals surface area contributed by atoms with E-state index in [-0.39, 0.29) is 24.0 Å². The molecule has 194 valence electrons. The minimum atomic E-state index is -3.46. The Balaban J connectivity index is 1.73. The molecule has 1 aromatic heterocycles. The van der Waals surface area contributed by atoms with Gasteiger partial charge in [-0.3, -0.25) is 13.8 Å². The molecular weight excluding hydrogens is 470 g/mol. The number of aromatic nitrogens is 2. The molecule has 11 heteroatoms. The van der Waals surface area contributed by atoms with Gasteiger partial charge in [-0.2, -0.15) is 5.10 Å². The quantitative estimate of drug-likeness (QED) is 0.643. The summed E-state index contributed by atoms with van der Waals surface area (Å²) >= 11 is 0. The Bertz CT molecular complexity index is 1190. The molecule has 2 heterocycles. The molecule has 10 nitrogen and oxygen atoms in total. The summed E-state index contributed by atoms with van der Waals surface area (Å²) in [6.07, 6.45) is 2.10. The highest BCUT2D eigenvalue weighted by Crippen LogP contribution is 2.27. The molecule has 0 atom stereocenters. The maximum Gasteiger partial charge on any atom is 0.410 e. The second-order valence-corrected chi connectivity index (χ2v) is 12.5. The summed E-state index contributed by atoms with van der Waals surface area (Å²) in [4.78, 5) is 27.0. The summed E-state index contributed by atoms with van der Waals surface area (Å²) in [5.41, 5.74) is 0.955. The number of piperidine rings is 1. The number of fused-ring (bicyclic) bond motifs is 1. The lowest BCUT2D eigenvalue weighted by Crippen LogP contribution is -2.47. The SMILES string of the molecule is CC(C)CN(c1ccc2c(C(=O)NC3CCN(C(=O)OC(C)(C)C)CC3)nn(C)c2c1)S(C)(=O)=O. The van der Waals surface area contributed by atoms with Crippen LogP contribution in [0.4, 0.5) is 10.5 Å². The minimum Gasteiger partial charge on any atom is -0.444 e. The van der Waals surface area contributed by atoms with Crippen molar-refractivity contribution < 1.29 is 22.7 Å². The number of anilines is 1. The molecule has 1 fully saturated rings. The van der Waals surface area contributed by atoms with E-state index in [1.54, 1.807) is 34.8 Å². The highest BCUT2D eigenvalue weighted by atomic mass is 32.2. The van der Waals surface area contributed by atoms with Crippen molar-refractivity contribution in [3.63, 3.8) is 0 Å². The molecule has 0 unspecified atom stereocenters. The molecule has 1 aromatic carbocycles. The fraction of sp³-hybridized carbons (Fsp3) is 0.625. The maximum atomic E-state index is 13.1. The molecule has 0 saturated carbocycles.